The van der Waals surface area contributed by atoms with E-state index in [2.05, 4.69) is 108 Å². The first-order valence-electron chi connectivity index (χ1n) is 15.6. The summed E-state index contributed by atoms with van der Waals surface area (Å²) >= 11 is 0. The highest BCUT2D eigenvalue weighted by atomic mass is 15.0. The van der Waals surface area contributed by atoms with Crippen molar-refractivity contribution < 1.29 is 0 Å². The van der Waals surface area contributed by atoms with Crippen LogP contribution in [0.4, 0.5) is 0 Å². The third kappa shape index (κ3) is 4.82. The van der Waals surface area contributed by atoms with Gasteiger partial charge in [-0.15, -0.1) is 0 Å². The molecule has 0 radical (unpaired) electrons. The van der Waals surface area contributed by atoms with Crippen LogP contribution in [0.25, 0.3) is 83.7 Å². The first-order chi connectivity index (χ1) is 23.3. The quantitative estimate of drug-likeness (QED) is 0.184. The van der Waals surface area contributed by atoms with Crippen LogP contribution in [-0.2, 0) is 0 Å². The van der Waals surface area contributed by atoms with E-state index in [1.807, 2.05) is 60.7 Å². The number of nitrogens with zero attached hydrogens (tertiary/aromatic N) is 5. The third-order valence-electron chi connectivity index (χ3n) is 8.64. The number of rotatable bonds is 5. The van der Waals surface area contributed by atoms with Crippen LogP contribution >= 0.6 is 0 Å². The van der Waals surface area contributed by atoms with Crippen LogP contribution in [0, 0.1) is 0 Å². The van der Waals surface area contributed by atoms with Crippen molar-refractivity contribution in [2.24, 2.45) is 0 Å². The molecule has 0 fully saturated rings. The molecule has 0 aliphatic carbocycles. The second-order valence-corrected chi connectivity index (χ2v) is 11.6. The van der Waals surface area contributed by atoms with Gasteiger partial charge in [0.25, 0.3) is 0 Å². The minimum absolute atomic E-state index is 0.681. The SMILES string of the molecule is c1ccc(-c2cc(-c3ccccc3)nc(-c3ccc(-c4nc5ccccc5c5c4ccn4cc(-c6ccccc6)nc54)cc3)n2)cc1. The Morgan fingerprint density at radius 1 is 0.404 bits per heavy atom. The van der Waals surface area contributed by atoms with E-state index in [1.165, 1.54) is 0 Å². The molecule has 0 aliphatic rings. The number of benzene rings is 5. The number of pyridine rings is 2. The molecule has 0 bridgehead atoms. The predicted octanol–water partition coefficient (Wildman–Crippen LogP) is 10.2. The molecule has 47 heavy (non-hydrogen) atoms. The van der Waals surface area contributed by atoms with Crippen LogP contribution < -0.4 is 0 Å². The standard InChI is InChI=1S/C42H27N5/c1-4-12-28(13-5-1)36-26-37(29-14-6-2-7-15-29)45-41(44-36)32-22-20-31(21-23-32)40-34-24-25-47-27-38(30-16-8-3-9-17-30)46-42(47)39(34)33-18-10-11-19-35(33)43-40/h1-27H. The Labute approximate surface area is 271 Å². The first-order valence-corrected chi connectivity index (χ1v) is 15.6. The van der Waals surface area contributed by atoms with Crippen LogP contribution in [0.15, 0.2) is 164 Å². The molecule has 0 atom stereocenters. The second kappa shape index (κ2) is 11.2. The van der Waals surface area contributed by atoms with Gasteiger partial charge in [-0.1, -0.05) is 133 Å². The van der Waals surface area contributed by atoms with Crippen molar-refractivity contribution in [2.75, 3.05) is 0 Å². The highest BCUT2D eigenvalue weighted by Crippen LogP contribution is 2.36. The lowest BCUT2D eigenvalue weighted by atomic mass is 10.00. The highest BCUT2D eigenvalue weighted by Gasteiger charge is 2.17. The van der Waals surface area contributed by atoms with Crippen LogP contribution in [0.1, 0.15) is 0 Å². The summed E-state index contributed by atoms with van der Waals surface area (Å²) < 4.78 is 2.12. The Balaban J connectivity index is 1.19. The summed E-state index contributed by atoms with van der Waals surface area (Å²) in [4.78, 5) is 20.4. The minimum atomic E-state index is 0.681. The molecule has 9 aromatic rings. The monoisotopic (exact) mass is 601 g/mol. The number of aromatic nitrogens is 5. The molecule has 220 valence electrons. The summed E-state index contributed by atoms with van der Waals surface area (Å²) in [6, 6.07) is 51.8. The molecule has 0 aliphatic heterocycles. The van der Waals surface area contributed by atoms with E-state index in [0.29, 0.717) is 5.82 Å². The van der Waals surface area contributed by atoms with Crippen molar-refractivity contribution in [3.8, 4) is 56.4 Å². The van der Waals surface area contributed by atoms with E-state index in [4.69, 9.17) is 19.9 Å². The lowest BCUT2D eigenvalue weighted by Gasteiger charge is -2.12. The molecule has 4 aromatic heterocycles. The Morgan fingerprint density at radius 3 is 1.60 bits per heavy atom. The molecule has 0 spiro atoms. The molecule has 4 heterocycles. The zero-order chi connectivity index (χ0) is 31.2. The maximum absolute atomic E-state index is 5.19. The maximum Gasteiger partial charge on any atom is 0.160 e. The van der Waals surface area contributed by atoms with Crippen molar-refractivity contribution in [1.29, 1.82) is 0 Å². The second-order valence-electron chi connectivity index (χ2n) is 11.6. The van der Waals surface area contributed by atoms with E-state index < -0.39 is 0 Å². The van der Waals surface area contributed by atoms with Crippen molar-refractivity contribution >= 4 is 27.3 Å². The van der Waals surface area contributed by atoms with E-state index >= 15 is 0 Å². The van der Waals surface area contributed by atoms with Crippen molar-refractivity contribution in [2.45, 2.75) is 0 Å². The molecule has 5 heteroatoms. The largest absolute Gasteiger partial charge is 0.306 e. The Bertz CT molecular complexity index is 2480. The van der Waals surface area contributed by atoms with Crippen molar-refractivity contribution in [1.82, 2.24) is 24.3 Å². The maximum atomic E-state index is 5.19. The third-order valence-corrected chi connectivity index (χ3v) is 8.64. The lowest BCUT2D eigenvalue weighted by molar-refractivity contribution is 1.18. The van der Waals surface area contributed by atoms with Crippen LogP contribution in [-0.4, -0.2) is 24.3 Å². The van der Waals surface area contributed by atoms with Crippen LogP contribution in [0.3, 0.4) is 0 Å². The van der Waals surface area contributed by atoms with Crippen molar-refractivity contribution in [3.63, 3.8) is 0 Å². The molecule has 0 saturated heterocycles. The molecule has 0 amide bonds. The van der Waals surface area contributed by atoms with E-state index in [-0.39, 0.29) is 0 Å². The highest BCUT2D eigenvalue weighted by molar-refractivity contribution is 6.16. The van der Waals surface area contributed by atoms with Gasteiger partial charge in [0.1, 0.15) is 5.65 Å². The Morgan fingerprint density at radius 2 is 0.957 bits per heavy atom. The summed E-state index contributed by atoms with van der Waals surface area (Å²) in [5, 5.41) is 3.23. The Hall–Kier alpha value is -6.46. The molecule has 5 nitrogen and oxygen atoms in total. The fourth-order valence-corrected chi connectivity index (χ4v) is 6.31. The van der Waals surface area contributed by atoms with E-state index in [0.717, 1.165) is 77.9 Å². The number of para-hydroxylation sites is 1. The van der Waals surface area contributed by atoms with Gasteiger partial charge in [0, 0.05) is 56.4 Å². The summed E-state index contributed by atoms with van der Waals surface area (Å²) in [6.07, 6.45) is 4.18. The zero-order valence-electron chi connectivity index (χ0n) is 25.3. The van der Waals surface area contributed by atoms with Gasteiger partial charge < -0.3 is 4.40 Å². The average Bonchev–Trinajstić information content (AvgIpc) is 3.60. The number of hydrogen-bond donors (Lipinski definition) is 0. The Kier molecular flexibility index (Phi) is 6.39. The normalized spacial score (nSPS) is 11.4. The summed E-state index contributed by atoms with van der Waals surface area (Å²) in [5.74, 6) is 0.681. The first kappa shape index (κ1) is 26.9. The number of hydrogen-bond acceptors (Lipinski definition) is 4. The van der Waals surface area contributed by atoms with E-state index in [1.54, 1.807) is 0 Å². The van der Waals surface area contributed by atoms with Gasteiger partial charge in [-0.2, -0.15) is 0 Å². The number of fused-ring (bicyclic) bond motifs is 5. The molecule has 0 N–H and O–H groups in total. The zero-order valence-corrected chi connectivity index (χ0v) is 25.3. The van der Waals surface area contributed by atoms with Crippen LogP contribution in [0.2, 0.25) is 0 Å². The van der Waals surface area contributed by atoms with Gasteiger partial charge in [0.15, 0.2) is 5.82 Å². The van der Waals surface area contributed by atoms with Gasteiger partial charge in [0.05, 0.1) is 28.3 Å². The number of imidazole rings is 1. The molecular formula is C42H27N5. The van der Waals surface area contributed by atoms with Gasteiger partial charge in [-0.05, 0) is 18.2 Å². The fraction of sp³-hybridized carbons (Fsp3) is 0. The van der Waals surface area contributed by atoms with Crippen molar-refractivity contribution in [3.05, 3.63) is 164 Å². The van der Waals surface area contributed by atoms with Gasteiger partial charge in [-0.25, -0.2) is 19.9 Å². The smallest absolute Gasteiger partial charge is 0.160 e. The minimum Gasteiger partial charge on any atom is -0.306 e. The molecule has 5 aromatic carbocycles. The lowest BCUT2D eigenvalue weighted by Crippen LogP contribution is -1.96. The molecular weight excluding hydrogens is 574 g/mol. The summed E-state index contributed by atoms with van der Waals surface area (Å²) in [5.41, 5.74) is 10.6. The molecule has 9 rings (SSSR count). The van der Waals surface area contributed by atoms with Gasteiger partial charge in [0.2, 0.25) is 0 Å². The predicted molar refractivity (Wildman–Crippen MR) is 191 cm³/mol. The van der Waals surface area contributed by atoms with Gasteiger partial charge in [-0.3, -0.25) is 0 Å². The van der Waals surface area contributed by atoms with Crippen LogP contribution in [0.5, 0.6) is 0 Å². The fourth-order valence-electron chi connectivity index (χ4n) is 6.31. The van der Waals surface area contributed by atoms with E-state index in [9.17, 15) is 0 Å². The summed E-state index contributed by atoms with van der Waals surface area (Å²) in [6.45, 7) is 0. The summed E-state index contributed by atoms with van der Waals surface area (Å²) in [7, 11) is 0. The molecule has 0 saturated carbocycles. The topological polar surface area (TPSA) is 56.0 Å². The van der Waals surface area contributed by atoms with Gasteiger partial charge >= 0.3 is 0 Å². The average molecular weight is 602 g/mol. The molecule has 0 unspecified atom stereocenters.